The number of alkyl halides is 3. The van der Waals surface area contributed by atoms with E-state index < -0.39 is 17.5 Å². The summed E-state index contributed by atoms with van der Waals surface area (Å²) in [5, 5.41) is 0. The summed E-state index contributed by atoms with van der Waals surface area (Å²) >= 11 is 0. The maximum atomic E-state index is 12.2. The van der Waals surface area contributed by atoms with E-state index >= 15 is 0 Å². The maximum absolute atomic E-state index is 12.2. The molecule has 1 heterocycles. The number of hydrogen-bond donors (Lipinski definition) is 1. The lowest BCUT2D eigenvalue weighted by molar-refractivity contribution is -0.141. The van der Waals surface area contributed by atoms with Gasteiger partial charge in [-0.15, -0.1) is 0 Å². The first-order chi connectivity index (χ1) is 6.77. The highest BCUT2D eigenvalue weighted by molar-refractivity contribution is 5.20. The standard InChI is InChI=1S/C9H11F3N2O/c1-8(2,15-13)6-3-4-7(14-5-6)9(10,11)12/h3-5H,13H2,1-2H3. The minimum atomic E-state index is -4.42. The molecule has 1 aromatic heterocycles. The van der Waals surface area contributed by atoms with E-state index in [9.17, 15) is 13.2 Å². The summed E-state index contributed by atoms with van der Waals surface area (Å²) in [4.78, 5) is 7.93. The molecule has 0 amide bonds. The van der Waals surface area contributed by atoms with Crippen molar-refractivity contribution in [1.29, 1.82) is 0 Å². The van der Waals surface area contributed by atoms with Crippen LogP contribution in [0.1, 0.15) is 25.1 Å². The van der Waals surface area contributed by atoms with Crippen LogP contribution in [0.25, 0.3) is 0 Å². The molecule has 84 valence electrons. The molecule has 1 rings (SSSR count). The second kappa shape index (κ2) is 3.79. The lowest BCUT2D eigenvalue weighted by atomic mass is 10.0. The second-order valence-corrected chi connectivity index (χ2v) is 3.56. The zero-order valence-corrected chi connectivity index (χ0v) is 8.30. The molecule has 0 fully saturated rings. The summed E-state index contributed by atoms with van der Waals surface area (Å²) in [6.45, 7) is 3.27. The highest BCUT2D eigenvalue weighted by atomic mass is 19.4. The molecule has 0 aromatic carbocycles. The van der Waals surface area contributed by atoms with Crippen LogP contribution in [0.3, 0.4) is 0 Å². The number of rotatable bonds is 2. The fourth-order valence-corrected chi connectivity index (χ4v) is 0.986. The maximum Gasteiger partial charge on any atom is 0.433 e. The third-order valence-electron chi connectivity index (χ3n) is 2.04. The van der Waals surface area contributed by atoms with Crippen molar-refractivity contribution in [3.8, 4) is 0 Å². The van der Waals surface area contributed by atoms with Crippen LogP contribution >= 0.6 is 0 Å². The summed E-state index contributed by atoms with van der Waals surface area (Å²) in [6.07, 6.45) is -3.32. The predicted octanol–water partition coefficient (Wildman–Crippen LogP) is 2.23. The Hall–Kier alpha value is -1.14. The molecule has 3 nitrogen and oxygen atoms in total. The third kappa shape index (κ3) is 2.66. The fourth-order valence-electron chi connectivity index (χ4n) is 0.986. The van der Waals surface area contributed by atoms with Gasteiger partial charge in [0.15, 0.2) is 0 Å². The molecule has 0 aliphatic carbocycles. The molecule has 15 heavy (non-hydrogen) atoms. The van der Waals surface area contributed by atoms with Crippen LogP contribution in [-0.2, 0) is 16.6 Å². The molecular formula is C9H11F3N2O. The lowest BCUT2D eigenvalue weighted by Crippen LogP contribution is -2.25. The lowest BCUT2D eigenvalue weighted by Gasteiger charge is -2.21. The molecule has 0 bridgehead atoms. The van der Waals surface area contributed by atoms with Gasteiger partial charge in [0.25, 0.3) is 0 Å². The Kier molecular flexibility index (Phi) is 3.01. The number of halogens is 3. The molecule has 0 atom stereocenters. The number of hydrogen-bond acceptors (Lipinski definition) is 3. The first-order valence-electron chi connectivity index (χ1n) is 4.19. The summed E-state index contributed by atoms with van der Waals surface area (Å²) in [6, 6.07) is 2.19. The highest BCUT2D eigenvalue weighted by Crippen LogP contribution is 2.29. The van der Waals surface area contributed by atoms with Gasteiger partial charge in [0.2, 0.25) is 0 Å². The van der Waals surface area contributed by atoms with Gasteiger partial charge in [-0.2, -0.15) is 13.2 Å². The van der Waals surface area contributed by atoms with Crippen LogP contribution < -0.4 is 5.90 Å². The average Bonchev–Trinajstić information content (AvgIpc) is 2.17. The topological polar surface area (TPSA) is 48.1 Å². The van der Waals surface area contributed by atoms with Gasteiger partial charge in [0, 0.05) is 11.8 Å². The zero-order chi connectivity index (χ0) is 11.7. The van der Waals surface area contributed by atoms with Crippen LogP contribution in [0.15, 0.2) is 18.3 Å². The SMILES string of the molecule is CC(C)(ON)c1ccc(C(F)(F)F)nc1. The third-order valence-corrected chi connectivity index (χ3v) is 2.04. The van der Waals surface area contributed by atoms with E-state index in [1.165, 1.54) is 6.07 Å². The summed E-state index contributed by atoms with van der Waals surface area (Å²) in [5.74, 6) is 5.01. The van der Waals surface area contributed by atoms with Crippen LogP contribution in [0.5, 0.6) is 0 Å². The van der Waals surface area contributed by atoms with Crippen molar-refractivity contribution in [2.24, 2.45) is 5.90 Å². The zero-order valence-electron chi connectivity index (χ0n) is 8.30. The van der Waals surface area contributed by atoms with Gasteiger partial charge >= 0.3 is 6.18 Å². The Morgan fingerprint density at radius 2 is 1.87 bits per heavy atom. The average molecular weight is 220 g/mol. The van der Waals surface area contributed by atoms with E-state index in [0.29, 0.717) is 5.56 Å². The largest absolute Gasteiger partial charge is 0.433 e. The molecule has 0 saturated carbocycles. The number of aromatic nitrogens is 1. The first kappa shape index (κ1) is 11.9. The molecule has 2 N–H and O–H groups in total. The van der Waals surface area contributed by atoms with Crippen molar-refractivity contribution in [3.63, 3.8) is 0 Å². The van der Waals surface area contributed by atoms with E-state index in [0.717, 1.165) is 12.3 Å². The summed E-state index contributed by atoms with van der Waals surface area (Å²) in [5.41, 5.74) is -1.30. The van der Waals surface area contributed by atoms with Gasteiger partial charge in [-0.3, -0.25) is 9.82 Å². The highest BCUT2D eigenvalue weighted by Gasteiger charge is 2.33. The summed E-state index contributed by atoms with van der Waals surface area (Å²) in [7, 11) is 0. The molecular weight excluding hydrogens is 209 g/mol. The van der Waals surface area contributed by atoms with Gasteiger partial charge in [0.1, 0.15) is 11.3 Å². The fraction of sp³-hybridized carbons (Fsp3) is 0.444. The van der Waals surface area contributed by atoms with Crippen LogP contribution in [0.2, 0.25) is 0 Å². The van der Waals surface area contributed by atoms with Crippen molar-refractivity contribution in [2.45, 2.75) is 25.6 Å². The Labute approximate surface area is 85.0 Å². The number of pyridine rings is 1. The quantitative estimate of drug-likeness (QED) is 0.777. The molecule has 0 aliphatic heterocycles. The molecule has 0 saturated heterocycles. The van der Waals surface area contributed by atoms with Crippen LogP contribution in [0.4, 0.5) is 13.2 Å². The van der Waals surface area contributed by atoms with Gasteiger partial charge in [0.05, 0.1) is 0 Å². The van der Waals surface area contributed by atoms with Crippen LogP contribution in [0, 0.1) is 0 Å². The van der Waals surface area contributed by atoms with E-state index in [4.69, 9.17) is 5.90 Å². The molecule has 6 heteroatoms. The van der Waals surface area contributed by atoms with Gasteiger partial charge in [-0.05, 0) is 19.9 Å². The van der Waals surface area contributed by atoms with Crippen molar-refractivity contribution in [1.82, 2.24) is 4.98 Å². The minimum Gasteiger partial charge on any atom is -0.294 e. The Morgan fingerprint density at radius 3 is 2.20 bits per heavy atom. The smallest absolute Gasteiger partial charge is 0.294 e. The van der Waals surface area contributed by atoms with E-state index in [-0.39, 0.29) is 0 Å². The van der Waals surface area contributed by atoms with Crippen molar-refractivity contribution < 1.29 is 18.0 Å². The van der Waals surface area contributed by atoms with Crippen molar-refractivity contribution in [3.05, 3.63) is 29.6 Å². The minimum absolute atomic E-state index is 0.484. The Balaban J connectivity index is 3.01. The number of nitrogens with two attached hydrogens (primary N) is 1. The van der Waals surface area contributed by atoms with Crippen molar-refractivity contribution >= 4 is 0 Å². The van der Waals surface area contributed by atoms with Gasteiger partial charge in [-0.25, -0.2) is 5.90 Å². The molecule has 0 aliphatic rings. The van der Waals surface area contributed by atoms with Gasteiger partial charge in [-0.1, -0.05) is 6.07 Å². The van der Waals surface area contributed by atoms with E-state index in [1.54, 1.807) is 13.8 Å². The predicted molar refractivity (Wildman–Crippen MR) is 47.5 cm³/mol. The van der Waals surface area contributed by atoms with E-state index in [1.807, 2.05) is 0 Å². The molecule has 0 unspecified atom stereocenters. The molecule has 0 radical (unpaired) electrons. The Bertz CT molecular complexity index is 332. The van der Waals surface area contributed by atoms with Gasteiger partial charge < -0.3 is 0 Å². The first-order valence-corrected chi connectivity index (χ1v) is 4.19. The molecule has 1 aromatic rings. The summed E-state index contributed by atoms with van der Waals surface area (Å²) < 4.78 is 36.5. The Morgan fingerprint density at radius 1 is 1.27 bits per heavy atom. The molecule has 0 spiro atoms. The van der Waals surface area contributed by atoms with E-state index in [2.05, 4.69) is 9.82 Å². The van der Waals surface area contributed by atoms with Crippen LogP contribution in [-0.4, -0.2) is 4.98 Å². The van der Waals surface area contributed by atoms with Crippen molar-refractivity contribution in [2.75, 3.05) is 0 Å². The number of nitrogens with zero attached hydrogens (tertiary/aromatic N) is 1. The second-order valence-electron chi connectivity index (χ2n) is 3.56. The monoisotopic (exact) mass is 220 g/mol. The normalized spacial score (nSPS) is 12.9.